The third-order valence-electron chi connectivity index (χ3n) is 4.64. The van der Waals surface area contributed by atoms with Gasteiger partial charge in [-0.2, -0.15) is 4.98 Å². The number of thiophene rings is 1. The van der Waals surface area contributed by atoms with E-state index in [-0.39, 0.29) is 5.88 Å². The molecule has 0 aliphatic carbocycles. The Morgan fingerprint density at radius 3 is 2.85 bits per heavy atom. The van der Waals surface area contributed by atoms with E-state index in [1.54, 1.807) is 29.5 Å². The predicted molar refractivity (Wildman–Crippen MR) is 97.6 cm³/mol. The van der Waals surface area contributed by atoms with Crippen LogP contribution >= 0.6 is 11.3 Å². The number of rotatable bonds is 4. The van der Waals surface area contributed by atoms with Crippen LogP contribution < -0.4 is 14.4 Å². The van der Waals surface area contributed by atoms with Crippen molar-refractivity contribution in [2.75, 3.05) is 26.3 Å². The minimum atomic E-state index is 0.209. The van der Waals surface area contributed by atoms with Gasteiger partial charge < -0.3 is 19.6 Å². The minimum Gasteiger partial charge on any atom is -0.616 e. The van der Waals surface area contributed by atoms with Crippen LogP contribution in [0.15, 0.2) is 24.4 Å². The molecule has 1 aliphatic rings. The zero-order valence-electron chi connectivity index (χ0n) is 14.8. The van der Waals surface area contributed by atoms with E-state index in [1.165, 1.54) is 16.0 Å². The number of pyridine rings is 1. The van der Waals surface area contributed by atoms with Crippen molar-refractivity contribution >= 4 is 21.6 Å². The van der Waals surface area contributed by atoms with E-state index in [0.29, 0.717) is 10.6 Å². The summed E-state index contributed by atoms with van der Waals surface area (Å²) in [6.45, 7) is 8.23. The zero-order chi connectivity index (χ0) is 18.1. The molecule has 1 N–H and O–H groups in total. The Bertz CT molecular complexity index is 938. The zero-order valence-corrected chi connectivity index (χ0v) is 15.6. The van der Waals surface area contributed by atoms with Crippen LogP contribution in [0, 0.1) is 19.1 Å². The maximum atomic E-state index is 12.0. The molecule has 0 radical (unpaired) electrons. The van der Waals surface area contributed by atoms with E-state index in [4.69, 9.17) is 14.5 Å². The number of aryl methyl sites for hydroxylation is 2. The molecule has 0 aromatic carbocycles. The van der Waals surface area contributed by atoms with Crippen LogP contribution in [-0.2, 0) is 11.3 Å². The Morgan fingerprint density at radius 1 is 1.27 bits per heavy atom. The minimum absolute atomic E-state index is 0.209. The average Bonchev–Trinajstić information content (AvgIpc) is 2.92. The van der Waals surface area contributed by atoms with Crippen LogP contribution in [0.5, 0.6) is 11.8 Å². The maximum Gasteiger partial charge on any atom is 0.386 e. The molecule has 1 fully saturated rings. The second-order valence-corrected chi connectivity index (χ2v) is 7.62. The first kappa shape index (κ1) is 17.1. The highest BCUT2D eigenvalue weighted by atomic mass is 32.1. The predicted octanol–water partition coefficient (Wildman–Crippen LogP) is 1.15. The highest BCUT2D eigenvalue weighted by Crippen LogP contribution is 2.35. The first-order valence-corrected chi connectivity index (χ1v) is 9.47. The molecule has 1 saturated heterocycles. The SMILES string of the molecule is Cc1sc2nc(C[NH+]3CCOCC3)nc(Oc3cccc[n+]3[O-])c2c1C. The number of hydrogen-bond acceptors (Lipinski definition) is 6. The van der Waals surface area contributed by atoms with Gasteiger partial charge in [-0.3, -0.25) is 0 Å². The summed E-state index contributed by atoms with van der Waals surface area (Å²) in [5, 5.41) is 12.9. The molecule has 4 rings (SSSR count). The van der Waals surface area contributed by atoms with Gasteiger partial charge in [0.2, 0.25) is 5.88 Å². The van der Waals surface area contributed by atoms with Crippen molar-refractivity contribution in [2.24, 2.45) is 0 Å². The Balaban J connectivity index is 1.74. The lowest BCUT2D eigenvalue weighted by molar-refractivity contribution is -0.922. The van der Waals surface area contributed by atoms with E-state index in [0.717, 1.165) is 54.5 Å². The van der Waals surface area contributed by atoms with Crippen LogP contribution in [0.25, 0.3) is 10.2 Å². The van der Waals surface area contributed by atoms with Crippen molar-refractivity contribution in [3.63, 3.8) is 0 Å². The fourth-order valence-electron chi connectivity index (χ4n) is 3.06. The molecule has 3 aromatic heterocycles. The van der Waals surface area contributed by atoms with E-state index >= 15 is 0 Å². The molecule has 4 heterocycles. The first-order valence-electron chi connectivity index (χ1n) is 8.66. The quantitative estimate of drug-likeness (QED) is 0.548. The monoisotopic (exact) mass is 373 g/mol. The molecular weight excluding hydrogens is 352 g/mol. The molecule has 0 atom stereocenters. The van der Waals surface area contributed by atoms with Crippen molar-refractivity contribution in [3.8, 4) is 11.8 Å². The molecule has 136 valence electrons. The van der Waals surface area contributed by atoms with Gasteiger partial charge in [-0.05, 0) is 25.5 Å². The molecule has 0 amide bonds. The van der Waals surface area contributed by atoms with E-state index in [2.05, 4.69) is 11.9 Å². The summed E-state index contributed by atoms with van der Waals surface area (Å²) in [5.41, 5.74) is 1.10. The number of morpholine rings is 1. The van der Waals surface area contributed by atoms with Gasteiger partial charge in [0.25, 0.3) is 0 Å². The van der Waals surface area contributed by atoms with Gasteiger partial charge in [0.05, 0.1) is 24.7 Å². The Hall–Kier alpha value is -2.29. The van der Waals surface area contributed by atoms with Gasteiger partial charge in [-0.15, -0.1) is 16.1 Å². The number of fused-ring (bicyclic) bond motifs is 1. The summed E-state index contributed by atoms with van der Waals surface area (Å²) >= 11 is 1.63. The number of aromatic nitrogens is 3. The summed E-state index contributed by atoms with van der Waals surface area (Å²) in [7, 11) is 0. The largest absolute Gasteiger partial charge is 0.616 e. The topological polar surface area (TPSA) is 75.6 Å². The highest BCUT2D eigenvalue weighted by Gasteiger charge is 2.22. The highest BCUT2D eigenvalue weighted by molar-refractivity contribution is 7.18. The van der Waals surface area contributed by atoms with Crippen LogP contribution in [0.4, 0.5) is 0 Å². The van der Waals surface area contributed by atoms with E-state index < -0.39 is 0 Å². The molecule has 0 saturated carbocycles. The van der Waals surface area contributed by atoms with Crippen LogP contribution in [0.3, 0.4) is 0 Å². The molecule has 0 unspecified atom stereocenters. The number of nitrogens with one attached hydrogen (secondary N) is 1. The van der Waals surface area contributed by atoms with Crippen molar-refractivity contribution in [3.05, 3.63) is 45.9 Å². The molecule has 1 aliphatic heterocycles. The van der Waals surface area contributed by atoms with Crippen molar-refractivity contribution in [1.29, 1.82) is 0 Å². The summed E-state index contributed by atoms with van der Waals surface area (Å²) < 4.78 is 12.0. The molecule has 3 aromatic rings. The van der Waals surface area contributed by atoms with Gasteiger partial charge in [0.1, 0.15) is 24.5 Å². The Labute approximate surface area is 155 Å². The molecule has 7 nitrogen and oxygen atoms in total. The van der Waals surface area contributed by atoms with Gasteiger partial charge in [0.15, 0.2) is 12.0 Å². The van der Waals surface area contributed by atoms with E-state index in [9.17, 15) is 5.21 Å². The second kappa shape index (κ2) is 7.14. The Morgan fingerprint density at radius 2 is 2.08 bits per heavy atom. The molecule has 26 heavy (non-hydrogen) atoms. The molecule has 0 bridgehead atoms. The second-order valence-electron chi connectivity index (χ2n) is 6.41. The third-order valence-corrected chi connectivity index (χ3v) is 5.74. The number of nitrogens with zero attached hydrogens (tertiary/aromatic N) is 3. The van der Waals surface area contributed by atoms with Gasteiger partial charge in [0, 0.05) is 10.9 Å². The van der Waals surface area contributed by atoms with Crippen molar-refractivity contribution in [2.45, 2.75) is 20.4 Å². The molecule has 8 heteroatoms. The lowest BCUT2D eigenvalue weighted by Crippen LogP contribution is -3.12. The lowest BCUT2D eigenvalue weighted by Gasteiger charge is -2.23. The van der Waals surface area contributed by atoms with Gasteiger partial charge in [-0.25, -0.2) is 4.98 Å². The summed E-state index contributed by atoms with van der Waals surface area (Å²) in [4.78, 5) is 12.9. The van der Waals surface area contributed by atoms with Gasteiger partial charge in [-0.1, -0.05) is 0 Å². The fraction of sp³-hybridized carbons (Fsp3) is 0.389. The Kier molecular flexibility index (Phi) is 4.71. The summed E-state index contributed by atoms with van der Waals surface area (Å²) in [6, 6.07) is 5.08. The summed E-state index contributed by atoms with van der Waals surface area (Å²) in [6.07, 6.45) is 1.41. The normalized spacial score (nSPS) is 15.5. The number of quaternary nitrogens is 1. The maximum absolute atomic E-state index is 12.0. The lowest BCUT2D eigenvalue weighted by atomic mass is 10.2. The third kappa shape index (κ3) is 3.35. The van der Waals surface area contributed by atoms with Crippen LogP contribution in [0.1, 0.15) is 16.3 Å². The molecular formula is C18H21N4O3S+. The summed E-state index contributed by atoms with van der Waals surface area (Å²) in [5.74, 6) is 1.40. The van der Waals surface area contributed by atoms with Crippen molar-refractivity contribution < 1.29 is 19.1 Å². The number of ether oxygens (including phenoxy) is 2. The van der Waals surface area contributed by atoms with Crippen LogP contribution in [0.2, 0.25) is 0 Å². The molecule has 0 spiro atoms. The van der Waals surface area contributed by atoms with Gasteiger partial charge >= 0.3 is 5.88 Å². The first-order chi connectivity index (χ1) is 12.6. The van der Waals surface area contributed by atoms with Crippen molar-refractivity contribution in [1.82, 2.24) is 9.97 Å². The number of hydrogen-bond donors (Lipinski definition) is 1. The standard InChI is InChI=1S/C18H20N4O3S/c1-12-13(2)26-18-16(12)17(25-15-5-3-4-6-22(15)23)19-14(20-18)11-21-7-9-24-10-8-21/h3-6H,7-11H2,1-2H3/p+1. The van der Waals surface area contributed by atoms with E-state index in [1.807, 2.05) is 6.92 Å². The average molecular weight is 373 g/mol. The smallest absolute Gasteiger partial charge is 0.386 e. The fourth-order valence-corrected chi connectivity index (χ4v) is 4.10. The van der Waals surface area contributed by atoms with Crippen LogP contribution in [-0.4, -0.2) is 36.3 Å².